The van der Waals surface area contributed by atoms with Gasteiger partial charge in [-0.25, -0.2) is 0 Å². The van der Waals surface area contributed by atoms with Crippen molar-refractivity contribution in [3.63, 3.8) is 0 Å². The maximum absolute atomic E-state index is 13.2. The molecule has 0 aromatic heterocycles. The zero-order valence-electron chi connectivity index (χ0n) is 16.5. The molecule has 3 rings (SSSR count). The van der Waals surface area contributed by atoms with Crippen LogP contribution >= 0.6 is 0 Å². The molecular weight excluding hydrogens is 336 g/mol. The van der Waals surface area contributed by atoms with Gasteiger partial charge in [0.1, 0.15) is 5.75 Å². The highest BCUT2D eigenvalue weighted by molar-refractivity contribution is 6.02. The first-order chi connectivity index (χ1) is 13.1. The van der Waals surface area contributed by atoms with E-state index in [9.17, 15) is 4.79 Å². The van der Waals surface area contributed by atoms with E-state index in [0.717, 1.165) is 60.1 Å². The summed E-state index contributed by atoms with van der Waals surface area (Å²) >= 11 is 0. The summed E-state index contributed by atoms with van der Waals surface area (Å²) in [5, 5.41) is 11.1. The van der Waals surface area contributed by atoms with Gasteiger partial charge in [-0.2, -0.15) is 5.26 Å². The number of benzene rings is 2. The summed E-state index contributed by atoms with van der Waals surface area (Å²) in [6.07, 6.45) is 2.49. The van der Waals surface area contributed by atoms with Gasteiger partial charge >= 0.3 is 0 Å². The number of hydrogen-bond acceptors (Lipinski definition) is 4. The zero-order valence-corrected chi connectivity index (χ0v) is 16.5. The first-order valence-corrected chi connectivity index (χ1v) is 9.82. The Kier molecular flexibility index (Phi) is 6.13. The van der Waals surface area contributed by atoms with Crippen molar-refractivity contribution in [2.75, 3.05) is 26.7 Å². The van der Waals surface area contributed by atoms with Crippen LogP contribution in [0.25, 0.3) is 10.8 Å². The van der Waals surface area contributed by atoms with Crippen molar-refractivity contribution in [2.45, 2.75) is 33.1 Å². The van der Waals surface area contributed by atoms with Crippen molar-refractivity contribution in [2.24, 2.45) is 11.8 Å². The summed E-state index contributed by atoms with van der Waals surface area (Å²) < 4.78 is 5.40. The second-order valence-corrected chi connectivity index (χ2v) is 7.55. The predicted octanol–water partition coefficient (Wildman–Crippen LogP) is 4.47. The van der Waals surface area contributed by atoms with E-state index in [1.807, 2.05) is 30.3 Å². The van der Waals surface area contributed by atoms with Crippen molar-refractivity contribution in [1.82, 2.24) is 4.90 Å². The smallest absolute Gasteiger partial charge is 0.167 e. The van der Waals surface area contributed by atoms with Gasteiger partial charge in [0.15, 0.2) is 5.78 Å². The number of nitriles is 1. The van der Waals surface area contributed by atoms with Crippen LogP contribution in [-0.2, 0) is 6.42 Å². The fraction of sp³-hybridized carbons (Fsp3) is 0.478. The lowest BCUT2D eigenvalue weighted by Crippen LogP contribution is -2.43. The zero-order chi connectivity index (χ0) is 19.4. The van der Waals surface area contributed by atoms with Gasteiger partial charge in [-0.05, 0) is 54.8 Å². The lowest BCUT2D eigenvalue weighted by Gasteiger charge is -2.36. The molecule has 1 aliphatic rings. The van der Waals surface area contributed by atoms with Crippen LogP contribution in [0.15, 0.2) is 30.3 Å². The molecule has 0 bridgehead atoms. The highest BCUT2D eigenvalue weighted by Crippen LogP contribution is 2.31. The lowest BCUT2D eigenvalue weighted by atomic mass is 9.81. The van der Waals surface area contributed by atoms with Gasteiger partial charge in [0.05, 0.1) is 19.6 Å². The standard InChI is InChI=1S/C23H28N2O2/c1-4-12-25-13-10-16(2)21(15-25)23(26)18-5-7-19-17(14-18)6-8-22(27-3)20(19)9-11-24/h5-8,14,16,21H,4,9-10,12-13,15H2,1-3H3/t16-,21+/m1/s1. The highest BCUT2D eigenvalue weighted by Gasteiger charge is 2.31. The van der Waals surface area contributed by atoms with Crippen molar-refractivity contribution in [1.29, 1.82) is 5.26 Å². The van der Waals surface area contributed by atoms with E-state index in [1.54, 1.807) is 7.11 Å². The first kappa shape index (κ1) is 19.4. The summed E-state index contributed by atoms with van der Waals surface area (Å²) in [4.78, 5) is 15.6. The number of Topliss-reactive ketones (excluding diaryl/α,β-unsaturated/α-hetero) is 1. The number of carbonyl (C=O) groups excluding carboxylic acids is 1. The van der Waals surface area contributed by atoms with E-state index in [4.69, 9.17) is 10.00 Å². The average molecular weight is 364 g/mol. The number of hydrogen-bond donors (Lipinski definition) is 0. The van der Waals surface area contributed by atoms with E-state index in [-0.39, 0.29) is 11.7 Å². The molecule has 0 unspecified atom stereocenters. The molecule has 0 spiro atoms. The average Bonchev–Trinajstić information content (AvgIpc) is 2.69. The molecule has 0 amide bonds. The van der Waals surface area contributed by atoms with Crippen LogP contribution in [0.4, 0.5) is 0 Å². The van der Waals surface area contributed by atoms with Crippen LogP contribution in [0, 0.1) is 23.2 Å². The molecule has 2 aromatic rings. The summed E-state index contributed by atoms with van der Waals surface area (Å²) in [5.74, 6) is 1.42. The second-order valence-electron chi connectivity index (χ2n) is 7.55. The summed E-state index contributed by atoms with van der Waals surface area (Å²) in [6, 6.07) is 11.9. The minimum absolute atomic E-state index is 0.0552. The Bertz CT molecular complexity index is 869. The number of ketones is 1. The van der Waals surface area contributed by atoms with Crippen LogP contribution in [0.5, 0.6) is 5.75 Å². The number of methoxy groups -OCH3 is 1. The Hall–Kier alpha value is -2.38. The van der Waals surface area contributed by atoms with Gasteiger partial charge in [-0.15, -0.1) is 0 Å². The number of fused-ring (bicyclic) bond motifs is 1. The molecule has 4 heteroatoms. The largest absolute Gasteiger partial charge is 0.496 e. The van der Waals surface area contributed by atoms with Crippen LogP contribution in [0.3, 0.4) is 0 Å². The number of carbonyl (C=O) groups is 1. The fourth-order valence-corrected chi connectivity index (χ4v) is 4.19. The third-order valence-electron chi connectivity index (χ3n) is 5.77. The quantitative estimate of drug-likeness (QED) is 0.710. The molecule has 1 saturated heterocycles. The van der Waals surface area contributed by atoms with Crippen LogP contribution in [0.2, 0.25) is 0 Å². The molecular formula is C23H28N2O2. The van der Waals surface area contributed by atoms with E-state index in [2.05, 4.69) is 24.8 Å². The molecule has 142 valence electrons. The van der Waals surface area contributed by atoms with Crippen molar-refractivity contribution in [3.8, 4) is 11.8 Å². The molecule has 4 nitrogen and oxygen atoms in total. The van der Waals surface area contributed by atoms with Gasteiger partial charge in [0.25, 0.3) is 0 Å². The number of ether oxygens (including phenoxy) is 1. The van der Waals surface area contributed by atoms with Crippen LogP contribution in [-0.4, -0.2) is 37.4 Å². The topological polar surface area (TPSA) is 53.3 Å². The summed E-state index contributed by atoms with van der Waals surface area (Å²) in [6.45, 7) is 7.39. The fourth-order valence-electron chi connectivity index (χ4n) is 4.19. The Labute approximate surface area is 161 Å². The Morgan fingerprint density at radius 2 is 2.15 bits per heavy atom. The number of piperidine rings is 1. The molecule has 1 fully saturated rings. The molecule has 0 aliphatic carbocycles. The monoisotopic (exact) mass is 364 g/mol. The molecule has 27 heavy (non-hydrogen) atoms. The Morgan fingerprint density at radius 3 is 2.85 bits per heavy atom. The molecule has 0 radical (unpaired) electrons. The third kappa shape index (κ3) is 3.99. The minimum atomic E-state index is 0.0552. The number of likely N-dealkylation sites (tertiary alicyclic amines) is 1. The SMILES string of the molecule is CCCN1CC[C@@H](C)[C@@H](C(=O)c2ccc3c(CC#N)c(OC)ccc3c2)C1. The molecule has 0 N–H and O–H groups in total. The van der Waals surface area contributed by atoms with Gasteiger partial charge < -0.3 is 9.64 Å². The number of nitrogens with zero attached hydrogens (tertiary/aromatic N) is 2. The van der Waals surface area contributed by atoms with Gasteiger partial charge in [0.2, 0.25) is 0 Å². The molecule has 0 saturated carbocycles. The maximum Gasteiger partial charge on any atom is 0.167 e. The van der Waals surface area contributed by atoms with E-state index >= 15 is 0 Å². The predicted molar refractivity (Wildman–Crippen MR) is 108 cm³/mol. The van der Waals surface area contributed by atoms with Gasteiger partial charge in [0, 0.05) is 23.6 Å². The van der Waals surface area contributed by atoms with Crippen molar-refractivity contribution < 1.29 is 9.53 Å². The van der Waals surface area contributed by atoms with Crippen LogP contribution in [0.1, 0.15) is 42.6 Å². The van der Waals surface area contributed by atoms with E-state index < -0.39 is 0 Å². The molecule has 1 heterocycles. The second kappa shape index (κ2) is 8.54. The Balaban J connectivity index is 1.92. The molecule has 2 aromatic carbocycles. The minimum Gasteiger partial charge on any atom is -0.496 e. The van der Waals surface area contributed by atoms with Gasteiger partial charge in [-0.1, -0.05) is 32.0 Å². The summed E-state index contributed by atoms with van der Waals surface area (Å²) in [5.41, 5.74) is 1.66. The lowest BCUT2D eigenvalue weighted by molar-refractivity contribution is 0.0720. The van der Waals surface area contributed by atoms with Gasteiger partial charge in [-0.3, -0.25) is 4.79 Å². The normalized spacial score (nSPS) is 20.4. The van der Waals surface area contributed by atoms with Crippen LogP contribution < -0.4 is 4.74 Å². The summed E-state index contributed by atoms with van der Waals surface area (Å²) in [7, 11) is 1.62. The van der Waals surface area contributed by atoms with E-state index in [1.165, 1.54) is 0 Å². The first-order valence-electron chi connectivity index (χ1n) is 9.82. The third-order valence-corrected chi connectivity index (χ3v) is 5.77. The maximum atomic E-state index is 13.2. The highest BCUT2D eigenvalue weighted by atomic mass is 16.5. The Morgan fingerprint density at radius 1 is 1.33 bits per heavy atom. The van der Waals surface area contributed by atoms with Crippen molar-refractivity contribution >= 4 is 16.6 Å². The number of rotatable bonds is 6. The molecule has 1 aliphatic heterocycles. The molecule has 2 atom stereocenters. The van der Waals surface area contributed by atoms with Crippen molar-refractivity contribution in [3.05, 3.63) is 41.5 Å². The van der Waals surface area contributed by atoms with E-state index in [0.29, 0.717) is 12.3 Å².